The highest BCUT2D eigenvalue weighted by molar-refractivity contribution is 6.32. The Morgan fingerprint density at radius 2 is 1.09 bits per heavy atom. The van der Waals surface area contributed by atoms with E-state index in [1.54, 1.807) is 72.8 Å². The Hall–Kier alpha value is -5.53. The maximum Gasteiger partial charge on any atom is 0.256 e. The van der Waals surface area contributed by atoms with Crippen LogP contribution in [0.25, 0.3) is 22.5 Å². The molecule has 2 aliphatic rings. The summed E-state index contributed by atoms with van der Waals surface area (Å²) in [6.45, 7) is 0.714. The van der Waals surface area contributed by atoms with Crippen LogP contribution in [0, 0.1) is 0 Å². The molecule has 282 valence electrons. The first-order valence-electron chi connectivity index (χ1n) is 17.9. The summed E-state index contributed by atoms with van der Waals surface area (Å²) < 4.78 is 0. The fourth-order valence-corrected chi connectivity index (χ4v) is 7.58. The SMILES string of the molecule is O=C(Nc1ccc(-c2cc(-c3ccc(NC(=O)C4CCCN4C(=O)[C@H](O)c4ccccc4Cl)cc3)[nH]n2)cc1)C1CCCN1C(=O)[C@H](O)c1ccccc1Cl. The van der Waals surface area contributed by atoms with E-state index in [0.29, 0.717) is 67.0 Å². The largest absolute Gasteiger partial charge is 0.378 e. The van der Waals surface area contributed by atoms with E-state index in [1.165, 1.54) is 9.80 Å². The van der Waals surface area contributed by atoms with Gasteiger partial charge in [-0.15, -0.1) is 0 Å². The molecule has 4 aromatic carbocycles. The smallest absolute Gasteiger partial charge is 0.256 e. The fraction of sp³-hybridized carbons (Fsp3) is 0.244. The molecule has 2 aliphatic heterocycles. The highest BCUT2D eigenvalue weighted by atomic mass is 35.5. The fourth-order valence-electron chi connectivity index (χ4n) is 7.11. The molecule has 12 nitrogen and oxygen atoms in total. The van der Waals surface area contributed by atoms with Gasteiger partial charge in [0.05, 0.1) is 11.4 Å². The van der Waals surface area contributed by atoms with Crippen LogP contribution in [0.5, 0.6) is 0 Å². The van der Waals surface area contributed by atoms with Gasteiger partial charge in [-0.1, -0.05) is 83.9 Å². The van der Waals surface area contributed by atoms with Gasteiger partial charge in [0.1, 0.15) is 12.1 Å². The number of hydrogen-bond donors (Lipinski definition) is 5. The minimum absolute atomic E-state index is 0.281. The number of hydrogen-bond acceptors (Lipinski definition) is 7. The van der Waals surface area contributed by atoms with Crippen LogP contribution in [0.2, 0.25) is 10.0 Å². The zero-order valence-corrected chi connectivity index (χ0v) is 31.0. The van der Waals surface area contributed by atoms with Gasteiger partial charge in [0.15, 0.2) is 12.2 Å². The molecule has 0 radical (unpaired) electrons. The van der Waals surface area contributed by atoms with Crippen molar-refractivity contribution in [2.75, 3.05) is 23.7 Å². The van der Waals surface area contributed by atoms with E-state index >= 15 is 0 Å². The molecule has 1 aromatic heterocycles. The summed E-state index contributed by atoms with van der Waals surface area (Å²) in [6.07, 6.45) is -0.704. The van der Waals surface area contributed by atoms with E-state index in [2.05, 4.69) is 20.8 Å². The Kier molecular flexibility index (Phi) is 11.3. The van der Waals surface area contributed by atoms with Crippen molar-refractivity contribution >= 4 is 58.2 Å². The maximum absolute atomic E-state index is 13.3. The molecule has 2 saturated heterocycles. The predicted molar refractivity (Wildman–Crippen MR) is 209 cm³/mol. The molecule has 4 amide bonds. The second-order valence-corrected chi connectivity index (χ2v) is 14.3. The van der Waals surface area contributed by atoms with E-state index in [4.69, 9.17) is 23.2 Å². The number of H-pyrrole nitrogens is 1. The zero-order valence-electron chi connectivity index (χ0n) is 29.5. The Morgan fingerprint density at radius 3 is 1.55 bits per heavy atom. The molecular formula is C41H38Cl2N6O6. The number of benzene rings is 4. The zero-order chi connectivity index (χ0) is 38.6. The lowest BCUT2D eigenvalue weighted by atomic mass is 10.1. The van der Waals surface area contributed by atoms with Gasteiger partial charge in [-0.25, -0.2) is 0 Å². The molecule has 5 N–H and O–H groups in total. The first-order chi connectivity index (χ1) is 26.6. The van der Waals surface area contributed by atoms with Gasteiger partial charge in [-0.05, 0) is 73.7 Å². The summed E-state index contributed by atoms with van der Waals surface area (Å²) in [5, 5.41) is 35.3. The van der Waals surface area contributed by atoms with Crippen LogP contribution in [0.1, 0.15) is 49.0 Å². The van der Waals surface area contributed by atoms with Crippen LogP contribution < -0.4 is 10.6 Å². The quantitative estimate of drug-likeness (QED) is 0.110. The van der Waals surface area contributed by atoms with E-state index in [9.17, 15) is 29.4 Å². The number of aromatic nitrogens is 2. The number of amides is 4. The number of nitrogens with zero attached hydrogens (tertiary/aromatic N) is 3. The van der Waals surface area contributed by atoms with Crippen LogP contribution in [0.4, 0.5) is 11.4 Å². The summed E-state index contributed by atoms with van der Waals surface area (Å²) in [5.74, 6) is -1.81. The maximum atomic E-state index is 13.3. The van der Waals surface area contributed by atoms with Crippen LogP contribution in [0.3, 0.4) is 0 Å². The summed E-state index contributed by atoms with van der Waals surface area (Å²) >= 11 is 12.4. The topological polar surface area (TPSA) is 168 Å². The normalized spacial score (nSPS) is 17.8. The first kappa shape index (κ1) is 37.8. The lowest BCUT2D eigenvalue weighted by molar-refractivity contribution is -0.144. The molecule has 5 aromatic rings. The van der Waals surface area contributed by atoms with Crippen molar-refractivity contribution in [2.24, 2.45) is 0 Å². The van der Waals surface area contributed by atoms with Crippen LogP contribution in [-0.4, -0.2) is 79.0 Å². The molecule has 4 atom stereocenters. The lowest BCUT2D eigenvalue weighted by Crippen LogP contribution is -2.45. The third-order valence-corrected chi connectivity index (χ3v) is 10.7. The van der Waals surface area contributed by atoms with Crippen molar-refractivity contribution in [1.82, 2.24) is 20.0 Å². The number of nitrogens with one attached hydrogen (secondary N) is 3. The van der Waals surface area contributed by atoms with Gasteiger partial charge < -0.3 is 30.6 Å². The number of halogens is 2. The van der Waals surface area contributed by atoms with Gasteiger partial charge in [0.2, 0.25) is 11.8 Å². The van der Waals surface area contributed by atoms with Crippen molar-refractivity contribution in [2.45, 2.75) is 50.0 Å². The molecule has 3 heterocycles. The number of aliphatic hydroxyl groups excluding tert-OH is 2. The Bertz CT molecular complexity index is 2060. The number of rotatable bonds is 10. The van der Waals surface area contributed by atoms with E-state index in [0.717, 1.165) is 16.8 Å². The molecule has 2 unspecified atom stereocenters. The average molecular weight is 782 g/mol. The van der Waals surface area contributed by atoms with Crippen molar-refractivity contribution in [3.05, 3.63) is 124 Å². The molecule has 0 saturated carbocycles. The third kappa shape index (κ3) is 8.13. The lowest BCUT2D eigenvalue weighted by Gasteiger charge is -2.26. The van der Waals surface area contributed by atoms with Gasteiger partial charge >= 0.3 is 0 Å². The van der Waals surface area contributed by atoms with E-state index in [1.807, 2.05) is 30.3 Å². The Morgan fingerprint density at radius 1 is 0.655 bits per heavy atom. The molecule has 0 spiro atoms. The average Bonchev–Trinajstić information content (AvgIpc) is 4.00. The molecular weight excluding hydrogens is 743 g/mol. The van der Waals surface area contributed by atoms with Crippen LogP contribution in [0.15, 0.2) is 103 Å². The van der Waals surface area contributed by atoms with Gasteiger partial charge in [0.25, 0.3) is 11.8 Å². The molecule has 0 aliphatic carbocycles. The van der Waals surface area contributed by atoms with Crippen LogP contribution in [-0.2, 0) is 19.2 Å². The molecule has 7 rings (SSSR count). The number of anilines is 2. The van der Waals surface area contributed by atoms with Crippen molar-refractivity contribution in [3.8, 4) is 22.5 Å². The summed E-state index contributed by atoms with van der Waals surface area (Å²) in [5.41, 5.74) is 4.77. The number of carbonyl (C=O) groups is 4. The standard InChI is InChI=1S/C41H38Cl2N6O6/c42-30-9-3-1-7-28(30)36(50)40(54)48-21-5-11-34(48)38(52)44-26-17-13-24(14-18-26)32-23-33(47-46-32)25-15-19-27(20-16-25)45-39(53)35-12-6-22-49(35)41(55)37(51)29-8-2-4-10-31(29)43/h1-4,7-10,13-20,23,34-37,50-51H,5-6,11-12,21-22H2,(H,44,52)(H,45,53)(H,46,47)/t34?,35?,36-,37-/m1/s1. The highest BCUT2D eigenvalue weighted by Crippen LogP contribution is 2.31. The van der Waals surface area contributed by atoms with Gasteiger partial charge in [-0.2, -0.15) is 5.10 Å². The minimum atomic E-state index is -1.46. The number of aromatic amines is 1. The van der Waals surface area contributed by atoms with Crippen molar-refractivity contribution < 1.29 is 29.4 Å². The number of aliphatic hydroxyl groups is 2. The molecule has 55 heavy (non-hydrogen) atoms. The molecule has 2 fully saturated rings. The summed E-state index contributed by atoms with van der Waals surface area (Å²) in [7, 11) is 0. The monoisotopic (exact) mass is 780 g/mol. The second-order valence-electron chi connectivity index (χ2n) is 13.5. The highest BCUT2D eigenvalue weighted by Gasteiger charge is 2.39. The van der Waals surface area contributed by atoms with E-state index < -0.39 is 36.1 Å². The second kappa shape index (κ2) is 16.5. The Balaban J connectivity index is 0.941. The number of likely N-dealkylation sites (tertiary alicyclic amines) is 2. The van der Waals surface area contributed by atoms with Crippen LogP contribution >= 0.6 is 23.2 Å². The van der Waals surface area contributed by atoms with E-state index in [-0.39, 0.29) is 21.9 Å². The summed E-state index contributed by atoms with van der Waals surface area (Å²) in [4.78, 5) is 55.7. The summed E-state index contributed by atoms with van der Waals surface area (Å²) in [6, 6.07) is 28.0. The van der Waals surface area contributed by atoms with Crippen molar-refractivity contribution in [1.29, 1.82) is 0 Å². The third-order valence-electron chi connectivity index (χ3n) is 10.0. The van der Waals surface area contributed by atoms with Gasteiger partial charge in [0, 0.05) is 51.2 Å². The first-order valence-corrected chi connectivity index (χ1v) is 18.7. The van der Waals surface area contributed by atoms with Crippen molar-refractivity contribution in [3.63, 3.8) is 0 Å². The Labute approximate surface area is 327 Å². The molecule has 0 bridgehead atoms. The number of carbonyl (C=O) groups excluding carboxylic acids is 4. The molecule has 14 heteroatoms. The predicted octanol–water partition coefficient (Wildman–Crippen LogP) is 6.38. The van der Waals surface area contributed by atoms with Gasteiger partial charge in [-0.3, -0.25) is 24.3 Å². The minimum Gasteiger partial charge on any atom is -0.378 e.